The number of thiazole rings is 1. The van der Waals surface area contributed by atoms with Gasteiger partial charge in [-0.25, -0.2) is 9.79 Å². The molecule has 0 spiro atoms. The highest BCUT2D eigenvalue weighted by Gasteiger charge is 2.33. The monoisotopic (exact) mass is 594 g/mol. The van der Waals surface area contributed by atoms with Crippen LogP contribution in [-0.4, -0.2) is 23.4 Å². The van der Waals surface area contributed by atoms with Gasteiger partial charge in [-0.2, -0.15) is 0 Å². The van der Waals surface area contributed by atoms with Crippen molar-refractivity contribution in [1.82, 2.24) is 4.57 Å². The standard InChI is InChI=1S/C28H23BrN2O4S2/c1-4-34-27(33)24-16(2)30-28-31(25(24)17-8-11-21(36-3)12-9-17)26(32)23(37-28)15-20-10-13-22(35-20)18-6-5-7-19(29)14-18/h5-15,25H,4H2,1-3H3/b23-15+. The number of carbonyl (C=O) groups excluding carboxylic acids is 1. The molecule has 0 N–H and O–H groups in total. The molecule has 2 aromatic carbocycles. The molecule has 0 bridgehead atoms. The summed E-state index contributed by atoms with van der Waals surface area (Å²) >= 11 is 6.38. The summed E-state index contributed by atoms with van der Waals surface area (Å²) in [5.41, 5.74) is 2.42. The van der Waals surface area contributed by atoms with E-state index in [4.69, 9.17) is 9.15 Å². The minimum Gasteiger partial charge on any atom is -0.463 e. The number of esters is 1. The second-order valence-corrected chi connectivity index (χ2v) is 11.1. The van der Waals surface area contributed by atoms with E-state index in [-0.39, 0.29) is 12.2 Å². The van der Waals surface area contributed by atoms with Gasteiger partial charge in [-0.05, 0) is 62.1 Å². The summed E-state index contributed by atoms with van der Waals surface area (Å²) in [5.74, 6) is 0.789. The van der Waals surface area contributed by atoms with Crippen LogP contribution in [0.25, 0.3) is 17.4 Å². The molecule has 37 heavy (non-hydrogen) atoms. The van der Waals surface area contributed by atoms with E-state index in [0.717, 1.165) is 20.5 Å². The maximum Gasteiger partial charge on any atom is 0.338 e. The van der Waals surface area contributed by atoms with Crippen LogP contribution in [0.2, 0.25) is 0 Å². The number of fused-ring (bicyclic) bond motifs is 1. The topological polar surface area (TPSA) is 73.8 Å². The number of halogens is 1. The first-order valence-corrected chi connectivity index (χ1v) is 14.4. The molecule has 1 unspecified atom stereocenters. The van der Waals surface area contributed by atoms with Crippen LogP contribution >= 0.6 is 39.0 Å². The number of ether oxygens (including phenoxy) is 1. The molecule has 0 aliphatic carbocycles. The number of thioether (sulfide) groups is 1. The van der Waals surface area contributed by atoms with Gasteiger partial charge in [-0.15, -0.1) is 11.8 Å². The zero-order valence-electron chi connectivity index (χ0n) is 20.4. The molecule has 0 fully saturated rings. The first-order chi connectivity index (χ1) is 17.9. The minimum atomic E-state index is -0.637. The second-order valence-electron chi connectivity index (χ2n) is 8.29. The zero-order chi connectivity index (χ0) is 26.1. The summed E-state index contributed by atoms with van der Waals surface area (Å²) in [6, 6.07) is 18.8. The van der Waals surface area contributed by atoms with Crippen molar-refractivity contribution in [2.75, 3.05) is 12.9 Å². The summed E-state index contributed by atoms with van der Waals surface area (Å²) < 4.78 is 14.4. The van der Waals surface area contributed by atoms with Crippen molar-refractivity contribution in [1.29, 1.82) is 0 Å². The van der Waals surface area contributed by atoms with Crippen LogP contribution in [0.1, 0.15) is 31.2 Å². The van der Waals surface area contributed by atoms with Gasteiger partial charge in [0.1, 0.15) is 11.5 Å². The Balaban J connectivity index is 1.63. The SMILES string of the molecule is CCOC(=O)C1=C(C)N=c2s/c(=C/c3ccc(-c4cccc(Br)c4)o3)c(=O)n2C1c1ccc(SC)cc1. The van der Waals surface area contributed by atoms with Crippen molar-refractivity contribution < 1.29 is 13.9 Å². The molecule has 1 aliphatic rings. The highest BCUT2D eigenvalue weighted by atomic mass is 79.9. The van der Waals surface area contributed by atoms with Crippen LogP contribution in [-0.2, 0) is 9.53 Å². The largest absolute Gasteiger partial charge is 0.463 e. The van der Waals surface area contributed by atoms with Gasteiger partial charge in [-0.3, -0.25) is 9.36 Å². The smallest absolute Gasteiger partial charge is 0.338 e. The Morgan fingerprint density at radius 1 is 1.22 bits per heavy atom. The van der Waals surface area contributed by atoms with E-state index >= 15 is 0 Å². The quantitative estimate of drug-likeness (QED) is 0.216. The Kier molecular flexibility index (Phi) is 7.37. The van der Waals surface area contributed by atoms with E-state index in [1.54, 1.807) is 36.3 Å². The van der Waals surface area contributed by atoms with Gasteiger partial charge in [0.25, 0.3) is 5.56 Å². The number of furan rings is 1. The Hall–Kier alpha value is -3.14. The summed E-state index contributed by atoms with van der Waals surface area (Å²) in [7, 11) is 0. The predicted molar refractivity (Wildman–Crippen MR) is 150 cm³/mol. The van der Waals surface area contributed by atoms with Gasteiger partial charge in [0.2, 0.25) is 0 Å². The molecule has 2 aromatic heterocycles. The van der Waals surface area contributed by atoms with E-state index in [0.29, 0.717) is 32.1 Å². The number of benzene rings is 2. The average Bonchev–Trinajstić information content (AvgIpc) is 3.48. The summed E-state index contributed by atoms with van der Waals surface area (Å²) in [5, 5.41) is 0. The van der Waals surface area contributed by atoms with Gasteiger partial charge in [0, 0.05) is 21.0 Å². The Bertz CT molecular complexity index is 1700. The normalized spacial score (nSPS) is 15.5. The van der Waals surface area contributed by atoms with Crippen LogP contribution in [0.4, 0.5) is 0 Å². The fourth-order valence-electron chi connectivity index (χ4n) is 4.25. The zero-order valence-corrected chi connectivity index (χ0v) is 23.6. The summed E-state index contributed by atoms with van der Waals surface area (Å²) in [6.45, 7) is 3.78. The molecule has 0 saturated carbocycles. The fourth-order valence-corrected chi connectivity index (χ4v) is 6.08. The van der Waals surface area contributed by atoms with Gasteiger partial charge >= 0.3 is 5.97 Å². The second kappa shape index (κ2) is 10.7. The van der Waals surface area contributed by atoms with Crippen molar-refractivity contribution >= 4 is 51.1 Å². The first-order valence-electron chi connectivity index (χ1n) is 11.6. The maximum absolute atomic E-state index is 13.7. The van der Waals surface area contributed by atoms with E-state index in [1.165, 1.54) is 11.3 Å². The third kappa shape index (κ3) is 5.03. The highest BCUT2D eigenvalue weighted by molar-refractivity contribution is 9.10. The van der Waals surface area contributed by atoms with Gasteiger partial charge < -0.3 is 9.15 Å². The molecule has 0 radical (unpaired) electrons. The Labute approximate surface area is 230 Å². The Morgan fingerprint density at radius 2 is 2.00 bits per heavy atom. The van der Waals surface area contributed by atoms with Gasteiger partial charge in [0.15, 0.2) is 4.80 Å². The van der Waals surface area contributed by atoms with Gasteiger partial charge in [-0.1, -0.05) is 51.5 Å². The van der Waals surface area contributed by atoms with Crippen molar-refractivity contribution in [3.8, 4) is 11.3 Å². The van der Waals surface area contributed by atoms with Crippen molar-refractivity contribution in [3.63, 3.8) is 0 Å². The third-order valence-electron chi connectivity index (χ3n) is 5.96. The Morgan fingerprint density at radius 3 is 2.70 bits per heavy atom. The molecule has 1 atom stereocenters. The highest BCUT2D eigenvalue weighted by Crippen LogP contribution is 2.32. The molecule has 0 amide bonds. The maximum atomic E-state index is 13.7. The lowest BCUT2D eigenvalue weighted by atomic mass is 9.96. The molecule has 3 heterocycles. The van der Waals surface area contributed by atoms with E-state index < -0.39 is 12.0 Å². The van der Waals surface area contributed by atoms with E-state index in [2.05, 4.69) is 20.9 Å². The lowest BCUT2D eigenvalue weighted by Gasteiger charge is -2.24. The van der Waals surface area contributed by atoms with Gasteiger partial charge in [0.05, 0.1) is 28.5 Å². The molecule has 9 heteroatoms. The lowest BCUT2D eigenvalue weighted by molar-refractivity contribution is -0.139. The summed E-state index contributed by atoms with van der Waals surface area (Å²) in [6.07, 6.45) is 3.73. The molecule has 6 nitrogen and oxygen atoms in total. The molecular weight excluding hydrogens is 572 g/mol. The van der Waals surface area contributed by atoms with E-state index in [1.807, 2.05) is 66.9 Å². The molecule has 188 valence electrons. The lowest BCUT2D eigenvalue weighted by Crippen LogP contribution is -2.39. The first kappa shape index (κ1) is 25.5. The van der Waals surface area contributed by atoms with Crippen LogP contribution in [0.5, 0.6) is 0 Å². The number of hydrogen-bond acceptors (Lipinski definition) is 7. The van der Waals surface area contributed by atoms with Crippen LogP contribution < -0.4 is 14.9 Å². The minimum absolute atomic E-state index is 0.233. The van der Waals surface area contributed by atoms with Crippen molar-refractivity contribution in [2.24, 2.45) is 4.99 Å². The third-order valence-corrected chi connectivity index (χ3v) is 8.18. The van der Waals surface area contributed by atoms with Crippen LogP contribution in [0.15, 0.2) is 95.5 Å². The van der Waals surface area contributed by atoms with E-state index in [9.17, 15) is 9.59 Å². The van der Waals surface area contributed by atoms with Crippen molar-refractivity contribution in [2.45, 2.75) is 24.8 Å². The molecule has 0 saturated heterocycles. The average molecular weight is 596 g/mol. The van der Waals surface area contributed by atoms with Crippen LogP contribution in [0, 0.1) is 0 Å². The van der Waals surface area contributed by atoms with Crippen LogP contribution in [0.3, 0.4) is 0 Å². The number of hydrogen-bond donors (Lipinski definition) is 0. The summed E-state index contributed by atoms with van der Waals surface area (Å²) in [4.78, 5) is 33.0. The molecule has 4 aromatic rings. The predicted octanol–water partition coefficient (Wildman–Crippen LogP) is 5.54. The number of aromatic nitrogens is 1. The number of rotatable bonds is 6. The molecule has 5 rings (SSSR count). The molecular formula is C28H23BrN2O4S2. The fraction of sp³-hybridized carbons (Fsp3) is 0.179. The number of nitrogens with zero attached hydrogens (tertiary/aromatic N) is 2. The number of carbonyl (C=O) groups is 1. The number of allylic oxidation sites excluding steroid dienone is 1. The van der Waals surface area contributed by atoms with Crippen molar-refractivity contribution in [3.05, 3.63) is 107 Å². The molecule has 1 aliphatic heterocycles.